The Morgan fingerprint density at radius 1 is 1.32 bits per heavy atom. The Bertz CT molecular complexity index is 626. The third kappa shape index (κ3) is 3.53. The van der Waals surface area contributed by atoms with Gasteiger partial charge < -0.3 is 5.32 Å². The minimum atomic E-state index is 0.155. The lowest BCUT2D eigenvalue weighted by Crippen LogP contribution is -2.24. The minimum absolute atomic E-state index is 0.155. The summed E-state index contributed by atoms with van der Waals surface area (Å²) in [7, 11) is 1.90. The van der Waals surface area contributed by atoms with Gasteiger partial charge in [-0.1, -0.05) is 18.9 Å². The van der Waals surface area contributed by atoms with E-state index in [-0.39, 0.29) is 5.91 Å². The van der Waals surface area contributed by atoms with Gasteiger partial charge in [0.05, 0.1) is 11.4 Å². The van der Waals surface area contributed by atoms with Gasteiger partial charge in [-0.2, -0.15) is 5.10 Å². The van der Waals surface area contributed by atoms with E-state index in [1.165, 1.54) is 25.7 Å². The first-order valence-electron chi connectivity index (χ1n) is 7.92. The summed E-state index contributed by atoms with van der Waals surface area (Å²) in [5.74, 6) is 0.743. The normalized spacial score (nSPS) is 15.1. The molecule has 2 aromatic rings. The van der Waals surface area contributed by atoms with E-state index < -0.39 is 0 Å². The molecule has 5 nitrogen and oxygen atoms in total. The molecular formula is C17H22N4O. The monoisotopic (exact) mass is 298 g/mol. The number of nitrogens with zero attached hydrogens (tertiary/aromatic N) is 3. The number of nitrogens with one attached hydrogen (secondary N) is 1. The van der Waals surface area contributed by atoms with Crippen LogP contribution in [0.4, 0.5) is 0 Å². The van der Waals surface area contributed by atoms with Crippen LogP contribution in [-0.2, 0) is 18.4 Å². The Hall–Kier alpha value is -2.17. The van der Waals surface area contributed by atoms with Crippen LogP contribution in [0, 0.1) is 5.92 Å². The number of hydrogen-bond acceptors (Lipinski definition) is 3. The molecule has 0 aromatic carbocycles. The van der Waals surface area contributed by atoms with Crippen LogP contribution in [-0.4, -0.2) is 20.7 Å². The van der Waals surface area contributed by atoms with Gasteiger partial charge in [-0.25, -0.2) is 0 Å². The summed E-state index contributed by atoms with van der Waals surface area (Å²) in [4.78, 5) is 16.4. The maximum Gasteiger partial charge on any atom is 0.220 e. The first kappa shape index (κ1) is 14.8. The van der Waals surface area contributed by atoms with Crippen LogP contribution in [0.5, 0.6) is 0 Å². The number of rotatable bonds is 5. The Morgan fingerprint density at radius 2 is 2.14 bits per heavy atom. The molecule has 1 N–H and O–H groups in total. The standard InChI is InChI=1S/C17H22N4O/c1-21-16(8-9-20-21)15-7-6-14(11-18-15)12-19-17(22)10-13-4-2-3-5-13/h6-9,11,13H,2-5,10,12H2,1H3,(H,19,22). The summed E-state index contributed by atoms with van der Waals surface area (Å²) in [5.41, 5.74) is 2.89. The molecule has 1 aliphatic rings. The van der Waals surface area contributed by atoms with Gasteiger partial charge in [-0.3, -0.25) is 14.5 Å². The largest absolute Gasteiger partial charge is 0.352 e. The van der Waals surface area contributed by atoms with Crippen molar-refractivity contribution in [3.63, 3.8) is 0 Å². The van der Waals surface area contributed by atoms with Crippen LogP contribution < -0.4 is 5.32 Å². The number of hydrogen-bond donors (Lipinski definition) is 1. The summed E-state index contributed by atoms with van der Waals surface area (Å²) < 4.78 is 1.80. The molecule has 5 heteroatoms. The molecule has 0 bridgehead atoms. The number of pyridine rings is 1. The highest BCUT2D eigenvalue weighted by molar-refractivity contribution is 5.76. The SMILES string of the molecule is Cn1nccc1-c1ccc(CNC(=O)CC2CCCC2)cn1. The van der Waals surface area contributed by atoms with Crippen molar-refractivity contribution in [3.05, 3.63) is 36.2 Å². The van der Waals surface area contributed by atoms with Gasteiger partial charge in [0.2, 0.25) is 5.91 Å². The van der Waals surface area contributed by atoms with Gasteiger partial charge in [0.15, 0.2) is 0 Å². The molecule has 0 saturated heterocycles. The van der Waals surface area contributed by atoms with Crippen molar-refractivity contribution in [2.75, 3.05) is 0 Å². The molecule has 1 aliphatic carbocycles. The van der Waals surface area contributed by atoms with E-state index >= 15 is 0 Å². The molecule has 1 fully saturated rings. The van der Waals surface area contributed by atoms with Crippen molar-refractivity contribution in [1.29, 1.82) is 0 Å². The summed E-state index contributed by atoms with van der Waals surface area (Å²) in [6, 6.07) is 5.91. The van der Waals surface area contributed by atoms with Gasteiger partial charge in [-0.15, -0.1) is 0 Å². The van der Waals surface area contributed by atoms with Gasteiger partial charge in [0, 0.05) is 32.4 Å². The van der Waals surface area contributed by atoms with Crippen molar-refractivity contribution in [1.82, 2.24) is 20.1 Å². The predicted molar refractivity (Wildman–Crippen MR) is 84.9 cm³/mol. The molecular weight excluding hydrogens is 276 g/mol. The van der Waals surface area contributed by atoms with Crippen LogP contribution in [0.3, 0.4) is 0 Å². The van der Waals surface area contributed by atoms with Crippen LogP contribution in [0.2, 0.25) is 0 Å². The number of amides is 1. The Balaban J connectivity index is 1.53. The number of aryl methyl sites for hydroxylation is 1. The minimum Gasteiger partial charge on any atom is -0.352 e. The summed E-state index contributed by atoms with van der Waals surface area (Å²) in [6.07, 6.45) is 9.20. The van der Waals surface area contributed by atoms with Crippen LogP contribution in [0.25, 0.3) is 11.4 Å². The molecule has 2 heterocycles. The smallest absolute Gasteiger partial charge is 0.220 e. The average molecular weight is 298 g/mol. The second-order valence-electron chi connectivity index (χ2n) is 6.02. The average Bonchev–Trinajstić information content (AvgIpc) is 3.17. The Kier molecular flexibility index (Phi) is 4.51. The van der Waals surface area contributed by atoms with E-state index in [2.05, 4.69) is 15.4 Å². The van der Waals surface area contributed by atoms with Gasteiger partial charge in [0.1, 0.15) is 0 Å². The predicted octanol–water partition coefficient (Wildman–Crippen LogP) is 2.68. The summed E-state index contributed by atoms with van der Waals surface area (Å²) in [5, 5.41) is 7.14. The lowest BCUT2D eigenvalue weighted by Gasteiger charge is -2.10. The fraction of sp³-hybridized carbons (Fsp3) is 0.471. The number of carbonyl (C=O) groups excluding carboxylic acids is 1. The quantitative estimate of drug-likeness (QED) is 0.923. The second-order valence-corrected chi connectivity index (χ2v) is 6.02. The van der Waals surface area contributed by atoms with Crippen molar-refractivity contribution in [2.45, 2.75) is 38.6 Å². The highest BCUT2D eigenvalue weighted by Crippen LogP contribution is 2.27. The maximum atomic E-state index is 11.9. The van der Waals surface area contributed by atoms with E-state index in [0.29, 0.717) is 18.9 Å². The molecule has 116 valence electrons. The zero-order chi connectivity index (χ0) is 15.4. The highest BCUT2D eigenvalue weighted by Gasteiger charge is 2.18. The molecule has 3 rings (SSSR count). The Labute approximate surface area is 130 Å². The van der Waals surface area contributed by atoms with E-state index in [0.717, 1.165) is 17.0 Å². The first-order valence-corrected chi connectivity index (χ1v) is 7.92. The van der Waals surface area contributed by atoms with Crippen molar-refractivity contribution < 1.29 is 4.79 Å². The third-order valence-electron chi connectivity index (χ3n) is 4.35. The van der Waals surface area contributed by atoms with Crippen LogP contribution >= 0.6 is 0 Å². The molecule has 1 saturated carbocycles. The number of aromatic nitrogens is 3. The molecule has 2 aromatic heterocycles. The van der Waals surface area contributed by atoms with E-state index in [1.807, 2.05) is 31.4 Å². The third-order valence-corrected chi connectivity index (χ3v) is 4.35. The van der Waals surface area contributed by atoms with Gasteiger partial charge in [0.25, 0.3) is 0 Å². The summed E-state index contributed by atoms with van der Waals surface area (Å²) in [6.45, 7) is 0.546. The topological polar surface area (TPSA) is 59.8 Å². The number of carbonyl (C=O) groups is 1. The molecule has 0 spiro atoms. The molecule has 0 atom stereocenters. The van der Waals surface area contributed by atoms with Crippen molar-refractivity contribution >= 4 is 5.91 Å². The summed E-state index contributed by atoms with van der Waals surface area (Å²) >= 11 is 0. The Morgan fingerprint density at radius 3 is 2.77 bits per heavy atom. The fourth-order valence-corrected chi connectivity index (χ4v) is 3.06. The molecule has 0 radical (unpaired) electrons. The van der Waals surface area contributed by atoms with Crippen LogP contribution in [0.15, 0.2) is 30.6 Å². The lowest BCUT2D eigenvalue weighted by atomic mass is 10.0. The van der Waals surface area contributed by atoms with E-state index in [9.17, 15) is 4.79 Å². The zero-order valence-electron chi connectivity index (χ0n) is 13.0. The second kappa shape index (κ2) is 6.73. The van der Waals surface area contributed by atoms with E-state index in [4.69, 9.17) is 0 Å². The lowest BCUT2D eigenvalue weighted by molar-refractivity contribution is -0.122. The zero-order valence-corrected chi connectivity index (χ0v) is 13.0. The van der Waals surface area contributed by atoms with Gasteiger partial charge >= 0.3 is 0 Å². The molecule has 0 unspecified atom stereocenters. The highest BCUT2D eigenvalue weighted by atomic mass is 16.1. The first-order chi connectivity index (χ1) is 10.7. The molecule has 0 aliphatic heterocycles. The van der Waals surface area contributed by atoms with Crippen LogP contribution in [0.1, 0.15) is 37.7 Å². The van der Waals surface area contributed by atoms with Gasteiger partial charge in [-0.05, 0) is 36.5 Å². The maximum absolute atomic E-state index is 11.9. The van der Waals surface area contributed by atoms with Crippen molar-refractivity contribution in [2.24, 2.45) is 13.0 Å². The van der Waals surface area contributed by atoms with E-state index in [1.54, 1.807) is 10.9 Å². The molecule has 1 amide bonds. The fourth-order valence-electron chi connectivity index (χ4n) is 3.06. The van der Waals surface area contributed by atoms with Crippen molar-refractivity contribution in [3.8, 4) is 11.4 Å². The molecule has 22 heavy (non-hydrogen) atoms.